The van der Waals surface area contributed by atoms with Gasteiger partial charge in [-0.15, -0.1) is 0 Å². The number of hydrogen-bond donors (Lipinski definition) is 5. The third kappa shape index (κ3) is 5.91. The summed E-state index contributed by atoms with van der Waals surface area (Å²) < 4.78 is 64.4. The Balaban J connectivity index is 1.20. The fraction of sp³-hybridized carbons (Fsp3) is 0.455. The lowest BCUT2D eigenvalue weighted by Gasteiger charge is -2.26. The van der Waals surface area contributed by atoms with Crippen LogP contribution in [0.15, 0.2) is 31.1 Å². The Morgan fingerprint density at radius 1 is 0.844 bits per heavy atom. The van der Waals surface area contributed by atoms with Gasteiger partial charge in [-0.05, 0) is 12.1 Å². The Labute approximate surface area is 273 Å². The lowest BCUT2D eigenvalue weighted by molar-refractivity contribution is -0.0574. The van der Waals surface area contributed by atoms with Gasteiger partial charge in [0.2, 0.25) is 0 Å². The first-order chi connectivity index (χ1) is 21.3. The van der Waals surface area contributed by atoms with E-state index in [4.69, 9.17) is 56.5 Å². The second kappa shape index (κ2) is 11.9. The quantitative estimate of drug-likeness (QED) is 0.147. The molecule has 45 heavy (non-hydrogen) atoms. The van der Waals surface area contributed by atoms with Gasteiger partial charge in [0.1, 0.15) is 48.5 Å². The highest BCUT2D eigenvalue weighted by molar-refractivity contribution is 8.44. The molecule has 0 amide bonds. The van der Waals surface area contributed by atoms with Gasteiger partial charge in [-0.25, -0.2) is 29.1 Å². The predicted octanol–water partition coefficient (Wildman–Crippen LogP) is 3.17. The number of halogens is 2. The largest absolute Gasteiger partial charge is 0.387 e. The molecule has 2 bridgehead atoms. The Kier molecular flexibility index (Phi) is 8.44. The molecule has 0 spiro atoms. The predicted molar refractivity (Wildman–Crippen MR) is 164 cm³/mol. The summed E-state index contributed by atoms with van der Waals surface area (Å²) in [6.45, 7) is -9.66. The van der Waals surface area contributed by atoms with Gasteiger partial charge >= 0.3 is 13.6 Å². The molecule has 3 saturated heterocycles. The number of aliphatic hydroxyl groups excluding tert-OH is 2. The third-order valence-corrected chi connectivity index (χ3v) is 11.4. The van der Waals surface area contributed by atoms with Crippen LogP contribution < -0.4 is 5.73 Å². The highest BCUT2D eigenvalue weighted by atomic mass is 35.5. The lowest BCUT2D eigenvalue weighted by Crippen LogP contribution is -2.35. The number of anilines is 1. The maximum absolute atomic E-state index is 13.6. The molecule has 242 valence electrons. The van der Waals surface area contributed by atoms with Crippen molar-refractivity contribution in [2.24, 2.45) is 0 Å². The van der Waals surface area contributed by atoms with E-state index in [1.807, 2.05) is 0 Å². The summed E-state index contributed by atoms with van der Waals surface area (Å²) in [6, 6.07) is 3.08. The molecular formula is C22H23Cl2N7O10P2S2. The minimum Gasteiger partial charge on any atom is -0.387 e. The SMILES string of the molecule is Nc1ncnc2c1ncn2[C@@H]1O[C@@H]2COP(=O)(S)OC3C(O)[C@H](n4cnc5cc(Cl)c(Cl)cc54)O[C@@H]3COP(=O)(S)OC1C2O. The van der Waals surface area contributed by atoms with Gasteiger partial charge in [0.05, 0.1) is 46.9 Å². The zero-order chi connectivity index (χ0) is 31.8. The van der Waals surface area contributed by atoms with Crippen LogP contribution in [-0.4, -0.2) is 89.1 Å². The van der Waals surface area contributed by atoms with Crippen molar-refractivity contribution in [1.82, 2.24) is 29.1 Å². The zero-order valence-electron chi connectivity index (χ0n) is 22.4. The summed E-state index contributed by atoms with van der Waals surface area (Å²) in [5.41, 5.74) is 7.30. The highest BCUT2D eigenvalue weighted by Gasteiger charge is 2.53. The van der Waals surface area contributed by atoms with Crippen LogP contribution in [0.4, 0.5) is 5.82 Å². The standard InChI is InChI=1S/C22H23Cl2N7O10P2S2/c23-8-1-10-11(2-9(8)24)30(6-28-10)21-16(33)17-13(39-21)4-37-43(35,45)41-18-15(32)12(3-36-42(34,44)40-17)38-22(18)31-7-29-14-19(25)26-5-27-20(14)31/h1-2,5-7,12-13,15-18,21-22,32-33H,3-4H2,(H,34,44)(H,35,45)(H2,25,26,27)/t12-,13-,15?,16?,17?,18?,21-,22-,42?,43?/m1/s1. The smallest absolute Gasteiger partial charge is 0.386 e. The number of aliphatic hydroxyl groups is 2. The van der Waals surface area contributed by atoms with Gasteiger partial charge in [0.15, 0.2) is 23.9 Å². The minimum atomic E-state index is -4.31. The van der Waals surface area contributed by atoms with Crippen molar-refractivity contribution in [1.29, 1.82) is 0 Å². The molecule has 0 radical (unpaired) electrons. The number of hydrogen-bond acceptors (Lipinski definition) is 15. The summed E-state index contributed by atoms with van der Waals surface area (Å²) in [4.78, 5) is 16.6. The first-order valence-electron chi connectivity index (χ1n) is 13.0. The Morgan fingerprint density at radius 2 is 1.49 bits per heavy atom. The van der Waals surface area contributed by atoms with E-state index in [0.29, 0.717) is 11.0 Å². The molecule has 7 rings (SSSR count). The van der Waals surface area contributed by atoms with Gasteiger partial charge in [-0.2, -0.15) is 0 Å². The fourth-order valence-electron chi connectivity index (χ4n) is 5.39. The fourth-order valence-corrected chi connectivity index (χ4v) is 8.66. The number of rotatable bonds is 2. The zero-order valence-corrected chi connectivity index (χ0v) is 27.5. The van der Waals surface area contributed by atoms with Crippen LogP contribution in [0.5, 0.6) is 0 Å². The van der Waals surface area contributed by atoms with Crippen LogP contribution in [0.1, 0.15) is 12.5 Å². The minimum absolute atomic E-state index is 0.0929. The average molecular weight is 742 g/mol. The van der Waals surface area contributed by atoms with Gasteiger partial charge in [-0.3, -0.25) is 22.7 Å². The number of fused-ring (bicyclic) bond motifs is 5. The Morgan fingerprint density at radius 3 is 2.24 bits per heavy atom. The maximum atomic E-state index is 13.6. The van der Waals surface area contributed by atoms with Crippen molar-refractivity contribution in [3.05, 3.63) is 41.2 Å². The van der Waals surface area contributed by atoms with E-state index < -0.39 is 75.9 Å². The summed E-state index contributed by atoms with van der Waals surface area (Å²) in [5.74, 6) is 0.0929. The molecule has 4 N–H and O–H groups in total. The molecule has 3 aromatic heterocycles. The first-order valence-corrected chi connectivity index (χ1v) is 19.2. The normalized spacial score (nSPS) is 37.7. The monoisotopic (exact) mass is 741 g/mol. The molecule has 3 aliphatic heterocycles. The molecule has 6 heterocycles. The van der Waals surface area contributed by atoms with Crippen molar-refractivity contribution in [3.8, 4) is 0 Å². The summed E-state index contributed by atoms with van der Waals surface area (Å²) in [6.07, 6.45) is -6.62. The average Bonchev–Trinajstić information content (AvgIpc) is 3.73. The van der Waals surface area contributed by atoms with Crippen molar-refractivity contribution < 1.29 is 46.9 Å². The molecule has 10 atom stereocenters. The number of nitrogen functional groups attached to an aromatic ring is 1. The number of nitrogens with zero attached hydrogens (tertiary/aromatic N) is 6. The van der Waals surface area contributed by atoms with Gasteiger partial charge < -0.3 is 30.0 Å². The number of nitrogens with two attached hydrogens (primary N) is 1. The van der Waals surface area contributed by atoms with Gasteiger partial charge in [0, 0.05) is 0 Å². The molecule has 3 fully saturated rings. The molecule has 1 aromatic carbocycles. The van der Waals surface area contributed by atoms with Crippen molar-refractivity contribution >= 4 is 89.3 Å². The van der Waals surface area contributed by atoms with E-state index in [2.05, 4.69) is 44.4 Å². The molecule has 0 saturated carbocycles. The number of aromatic nitrogens is 6. The molecule has 6 unspecified atom stereocenters. The molecular weight excluding hydrogens is 719 g/mol. The Hall–Kier alpha value is -1.54. The van der Waals surface area contributed by atoms with Crippen LogP contribution in [0.3, 0.4) is 0 Å². The third-order valence-electron chi connectivity index (χ3n) is 7.49. The number of ether oxygens (including phenoxy) is 2. The highest BCUT2D eigenvalue weighted by Crippen LogP contribution is 2.60. The van der Waals surface area contributed by atoms with E-state index in [-0.39, 0.29) is 27.0 Å². The second-order valence-electron chi connectivity index (χ2n) is 10.3. The summed E-state index contributed by atoms with van der Waals surface area (Å²) >= 11 is 20.5. The second-order valence-corrected chi connectivity index (χ2v) is 16.8. The summed E-state index contributed by atoms with van der Waals surface area (Å²) in [5, 5.41) is 23.0. The topological polar surface area (TPSA) is 217 Å². The summed E-state index contributed by atoms with van der Waals surface area (Å²) in [7, 11) is 0. The van der Waals surface area contributed by atoms with E-state index in [1.54, 1.807) is 6.07 Å². The van der Waals surface area contributed by atoms with E-state index in [0.717, 1.165) is 0 Å². The molecule has 17 nitrogen and oxygen atoms in total. The van der Waals surface area contributed by atoms with E-state index in [9.17, 15) is 19.3 Å². The van der Waals surface area contributed by atoms with Crippen molar-refractivity contribution in [3.63, 3.8) is 0 Å². The van der Waals surface area contributed by atoms with E-state index in [1.165, 1.54) is 34.2 Å². The number of thiol groups is 2. The van der Waals surface area contributed by atoms with Gasteiger partial charge in [0.25, 0.3) is 0 Å². The lowest BCUT2D eigenvalue weighted by atomic mass is 10.1. The Bertz CT molecular complexity index is 1890. The van der Waals surface area contributed by atoms with E-state index >= 15 is 0 Å². The van der Waals surface area contributed by atoms with Crippen molar-refractivity contribution in [2.75, 3.05) is 18.9 Å². The molecule has 4 aromatic rings. The molecule has 3 aliphatic rings. The number of imidazole rings is 2. The van der Waals surface area contributed by atoms with Crippen LogP contribution in [0.2, 0.25) is 10.0 Å². The van der Waals surface area contributed by atoms with Crippen molar-refractivity contribution in [2.45, 2.75) is 49.1 Å². The first kappa shape index (κ1) is 32.0. The molecule has 0 aliphatic carbocycles. The van der Waals surface area contributed by atoms with Crippen LogP contribution in [0, 0.1) is 0 Å². The molecule has 23 heteroatoms. The van der Waals surface area contributed by atoms with Crippen LogP contribution >= 0.6 is 61.3 Å². The van der Waals surface area contributed by atoms with Crippen LogP contribution in [-0.2, 0) is 36.7 Å². The maximum Gasteiger partial charge on any atom is 0.386 e. The van der Waals surface area contributed by atoms with Gasteiger partial charge in [-0.1, -0.05) is 47.7 Å². The number of benzene rings is 1. The van der Waals surface area contributed by atoms with Crippen LogP contribution in [0.25, 0.3) is 22.2 Å².